The number of hydrogen-bond acceptors (Lipinski definition) is 3. The molecule has 1 aliphatic rings. The molecule has 0 radical (unpaired) electrons. The smallest absolute Gasteiger partial charge is 0.165 e. The third-order valence-corrected chi connectivity index (χ3v) is 4.18. The molecule has 0 saturated carbocycles. The van der Waals surface area contributed by atoms with Gasteiger partial charge in [-0.3, -0.25) is 4.90 Å². The topological polar surface area (TPSA) is 34.0 Å². The summed E-state index contributed by atoms with van der Waals surface area (Å²) in [5.41, 5.74) is 2.05. The molecule has 0 unspecified atom stereocenters. The molecule has 0 bridgehead atoms. The third kappa shape index (κ3) is 2.72. The molecule has 1 aliphatic heterocycles. The van der Waals surface area contributed by atoms with Crippen molar-refractivity contribution in [1.29, 1.82) is 0 Å². The highest BCUT2D eigenvalue weighted by molar-refractivity contribution is 6.31. The van der Waals surface area contributed by atoms with Crippen molar-refractivity contribution in [2.45, 2.75) is 33.2 Å². The van der Waals surface area contributed by atoms with E-state index in [2.05, 4.69) is 15.0 Å². The van der Waals surface area contributed by atoms with Crippen LogP contribution >= 0.6 is 11.6 Å². The average Bonchev–Trinajstić information content (AvgIpc) is 3.03. The van der Waals surface area contributed by atoms with Gasteiger partial charge in [-0.1, -0.05) is 17.7 Å². The van der Waals surface area contributed by atoms with E-state index in [0.29, 0.717) is 0 Å². The fourth-order valence-electron chi connectivity index (χ4n) is 2.61. The molecule has 5 heteroatoms. The predicted molar refractivity (Wildman–Crippen MR) is 80.4 cm³/mol. The number of halogens is 1. The van der Waals surface area contributed by atoms with Gasteiger partial charge in [0.05, 0.1) is 12.2 Å². The van der Waals surface area contributed by atoms with Gasteiger partial charge in [0.1, 0.15) is 5.82 Å². The second-order valence-electron chi connectivity index (χ2n) is 5.40. The van der Waals surface area contributed by atoms with Crippen molar-refractivity contribution in [3.63, 3.8) is 0 Å². The quantitative estimate of drug-likeness (QED) is 0.871. The highest BCUT2D eigenvalue weighted by atomic mass is 35.5. The number of nitrogens with zero attached hydrogens (tertiary/aromatic N) is 4. The van der Waals surface area contributed by atoms with Crippen LogP contribution in [-0.2, 0) is 6.54 Å². The van der Waals surface area contributed by atoms with Crippen LogP contribution in [0.3, 0.4) is 0 Å². The Kier molecular flexibility index (Phi) is 3.76. The van der Waals surface area contributed by atoms with Gasteiger partial charge in [0.15, 0.2) is 5.82 Å². The molecule has 0 N–H and O–H groups in total. The summed E-state index contributed by atoms with van der Waals surface area (Å²) in [4.78, 5) is 6.97. The first-order chi connectivity index (χ1) is 9.63. The Morgan fingerprint density at radius 2 is 1.95 bits per heavy atom. The Morgan fingerprint density at radius 1 is 1.20 bits per heavy atom. The van der Waals surface area contributed by atoms with Crippen molar-refractivity contribution in [3.05, 3.63) is 40.4 Å². The van der Waals surface area contributed by atoms with Gasteiger partial charge in [0.25, 0.3) is 0 Å². The van der Waals surface area contributed by atoms with E-state index in [4.69, 9.17) is 11.6 Å². The molecule has 1 aromatic carbocycles. The molecular weight excluding hydrogens is 272 g/mol. The number of aromatic nitrogens is 3. The molecule has 1 fully saturated rings. The Bertz CT molecular complexity index is 614. The van der Waals surface area contributed by atoms with Crippen molar-refractivity contribution in [1.82, 2.24) is 19.7 Å². The van der Waals surface area contributed by atoms with Crippen LogP contribution in [-0.4, -0.2) is 32.8 Å². The molecule has 20 heavy (non-hydrogen) atoms. The zero-order valence-electron chi connectivity index (χ0n) is 11.9. The molecule has 0 atom stereocenters. The van der Waals surface area contributed by atoms with Crippen LogP contribution in [0.2, 0.25) is 5.02 Å². The number of hydrogen-bond donors (Lipinski definition) is 0. The van der Waals surface area contributed by atoms with Crippen LogP contribution in [0.5, 0.6) is 0 Å². The van der Waals surface area contributed by atoms with Gasteiger partial charge < -0.3 is 0 Å². The van der Waals surface area contributed by atoms with E-state index in [9.17, 15) is 0 Å². The SMILES string of the molecule is Cc1ccc(-n2nc(CN3CCCC3)nc2C)cc1Cl. The Morgan fingerprint density at radius 3 is 2.65 bits per heavy atom. The van der Waals surface area contributed by atoms with Crippen molar-refractivity contribution < 1.29 is 0 Å². The minimum absolute atomic E-state index is 0.762. The summed E-state index contributed by atoms with van der Waals surface area (Å²) in [5.74, 6) is 1.79. The van der Waals surface area contributed by atoms with Gasteiger partial charge in [0.2, 0.25) is 0 Å². The summed E-state index contributed by atoms with van der Waals surface area (Å²) in [5, 5.41) is 5.38. The fraction of sp³-hybridized carbons (Fsp3) is 0.467. The highest BCUT2D eigenvalue weighted by Gasteiger charge is 2.15. The zero-order chi connectivity index (χ0) is 14.1. The molecule has 0 amide bonds. The van der Waals surface area contributed by atoms with Crippen LogP contribution in [0.1, 0.15) is 30.1 Å². The molecule has 1 saturated heterocycles. The molecular formula is C15H19ClN4. The standard InChI is InChI=1S/C15H19ClN4/c1-11-5-6-13(9-14(11)16)20-12(2)17-15(18-20)10-19-7-3-4-8-19/h5-6,9H,3-4,7-8,10H2,1-2H3. The maximum absolute atomic E-state index is 6.19. The van der Waals surface area contributed by atoms with Crippen LogP contribution in [0.15, 0.2) is 18.2 Å². The Labute approximate surface area is 124 Å². The van der Waals surface area contributed by atoms with E-state index in [1.165, 1.54) is 12.8 Å². The molecule has 2 aromatic rings. The number of likely N-dealkylation sites (tertiary alicyclic amines) is 1. The highest BCUT2D eigenvalue weighted by Crippen LogP contribution is 2.20. The Hall–Kier alpha value is -1.39. The van der Waals surface area contributed by atoms with E-state index >= 15 is 0 Å². The summed E-state index contributed by atoms with van der Waals surface area (Å²) in [6.07, 6.45) is 2.57. The second-order valence-corrected chi connectivity index (χ2v) is 5.81. The summed E-state index contributed by atoms with van der Waals surface area (Å²) < 4.78 is 1.87. The van der Waals surface area contributed by atoms with Gasteiger partial charge in [-0.05, 0) is 57.5 Å². The lowest BCUT2D eigenvalue weighted by Crippen LogP contribution is -2.19. The minimum Gasteiger partial charge on any atom is -0.296 e. The summed E-state index contributed by atoms with van der Waals surface area (Å²) in [7, 11) is 0. The van der Waals surface area contributed by atoms with Crippen molar-refractivity contribution >= 4 is 11.6 Å². The number of rotatable bonds is 3. The molecule has 4 nitrogen and oxygen atoms in total. The number of aryl methyl sites for hydroxylation is 2. The monoisotopic (exact) mass is 290 g/mol. The van der Waals surface area contributed by atoms with Crippen LogP contribution in [0.4, 0.5) is 0 Å². The summed E-state index contributed by atoms with van der Waals surface area (Å²) in [6.45, 7) is 7.13. The minimum atomic E-state index is 0.762. The maximum Gasteiger partial charge on any atom is 0.165 e. The Balaban J connectivity index is 1.85. The van der Waals surface area contributed by atoms with Crippen LogP contribution < -0.4 is 0 Å². The first-order valence-electron chi connectivity index (χ1n) is 7.05. The van der Waals surface area contributed by atoms with Gasteiger partial charge in [0, 0.05) is 5.02 Å². The second kappa shape index (κ2) is 5.54. The molecule has 106 valence electrons. The van der Waals surface area contributed by atoms with Gasteiger partial charge >= 0.3 is 0 Å². The average molecular weight is 291 g/mol. The van der Waals surface area contributed by atoms with E-state index < -0.39 is 0 Å². The van der Waals surface area contributed by atoms with E-state index in [-0.39, 0.29) is 0 Å². The first kappa shape index (κ1) is 13.6. The molecule has 1 aromatic heterocycles. The maximum atomic E-state index is 6.19. The van der Waals surface area contributed by atoms with Crippen LogP contribution in [0, 0.1) is 13.8 Å². The summed E-state index contributed by atoms with van der Waals surface area (Å²) >= 11 is 6.19. The van der Waals surface area contributed by atoms with E-state index in [0.717, 1.165) is 47.6 Å². The first-order valence-corrected chi connectivity index (χ1v) is 7.43. The largest absolute Gasteiger partial charge is 0.296 e. The van der Waals surface area contributed by atoms with Crippen molar-refractivity contribution in [2.75, 3.05) is 13.1 Å². The lowest BCUT2D eigenvalue weighted by molar-refractivity contribution is 0.322. The van der Waals surface area contributed by atoms with Crippen LogP contribution in [0.25, 0.3) is 5.69 Å². The van der Waals surface area contributed by atoms with Gasteiger partial charge in [-0.15, -0.1) is 5.10 Å². The molecule has 2 heterocycles. The fourth-order valence-corrected chi connectivity index (χ4v) is 2.78. The van der Waals surface area contributed by atoms with Crippen molar-refractivity contribution in [2.24, 2.45) is 0 Å². The van der Waals surface area contributed by atoms with E-state index in [1.54, 1.807) is 0 Å². The molecule has 0 spiro atoms. The summed E-state index contributed by atoms with van der Waals surface area (Å²) in [6, 6.07) is 5.99. The third-order valence-electron chi connectivity index (χ3n) is 3.78. The van der Waals surface area contributed by atoms with Crippen molar-refractivity contribution in [3.8, 4) is 5.69 Å². The number of benzene rings is 1. The lowest BCUT2D eigenvalue weighted by Gasteiger charge is -2.10. The molecule has 0 aliphatic carbocycles. The van der Waals surface area contributed by atoms with Gasteiger partial charge in [-0.25, -0.2) is 9.67 Å². The lowest BCUT2D eigenvalue weighted by atomic mass is 10.2. The van der Waals surface area contributed by atoms with Gasteiger partial charge in [-0.2, -0.15) is 0 Å². The molecule has 3 rings (SSSR count). The van der Waals surface area contributed by atoms with E-state index in [1.807, 2.05) is 36.7 Å². The normalized spacial score (nSPS) is 15.9. The zero-order valence-corrected chi connectivity index (χ0v) is 12.7. The predicted octanol–water partition coefficient (Wildman–Crippen LogP) is 3.13.